The molecule has 5 amide bonds. The van der Waals surface area contributed by atoms with Crippen molar-refractivity contribution in [1.29, 1.82) is 0 Å². The number of piperazine rings is 1. The number of nitrogens with zero attached hydrogens (tertiary/aromatic N) is 5. The second kappa shape index (κ2) is 15.2. The number of nitrogen functional groups attached to an aromatic ring is 1. The SMILES string of the molecule is CN1CCN(C2CCN(C(=O)[C@@H](Cc3cc(Cl)c(N)c(C(F)(F)F)c3)NC(=O)N3CCC(N4CCc5ccccc5NC4=O)CC3)CC2)CC1. The summed E-state index contributed by atoms with van der Waals surface area (Å²) in [7, 11) is 2.11. The van der Waals surface area contributed by atoms with E-state index in [9.17, 15) is 27.6 Å². The molecule has 0 aliphatic carbocycles. The average Bonchev–Trinajstić information content (AvgIpc) is 3.27. The van der Waals surface area contributed by atoms with E-state index >= 15 is 0 Å². The van der Waals surface area contributed by atoms with Gasteiger partial charge in [-0.15, -0.1) is 0 Å². The molecule has 15 heteroatoms. The van der Waals surface area contributed by atoms with Gasteiger partial charge in [0.05, 0.1) is 16.3 Å². The van der Waals surface area contributed by atoms with Crippen molar-refractivity contribution in [2.75, 3.05) is 77.0 Å². The van der Waals surface area contributed by atoms with E-state index in [2.05, 4.69) is 27.5 Å². The summed E-state index contributed by atoms with van der Waals surface area (Å²) in [6.45, 7) is 6.19. The lowest BCUT2D eigenvalue weighted by atomic mass is 9.98. The number of halogens is 4. The van der Waals surface area contributed by atoms with Crippen molar-refractivity contribution >= 4 is 40.9 Å². The van der Waals surface area contributed by atoms with E-state index in [1.807, 2.05) is 29.2 Å². The fraction of sp³-hybridized carbons (Fsp3) is 0.571. The first-order valence-electron chi connectivity index (χ1n) is 17.4. The first-order valence-corrected chi connectivity index (χ1v) is 17.8. The fourth-order valence-electron chi connectivity index (χ4n) is 7.68. The summed E-state index contributed by atoms with van der Waals surface area (Å²) in [6.07, 6.45) is -1.53. The zero-order valence-electron chi connectivity index (χ0n) is 28.4. The van der Waals surface area contributed by atoms with Crippen LogP contribution in [0.5, 0.6) is 0 Å². The zero-order chi connectivity index (χ0) is 35.6. The van der Waals surface area contributed by atoms with Gasteiger partial charge in [0.2, 0.25) is 5.91 Å². The molecule has 0 unspecified atom stereocenters. The lowest BCUT2D eigenvalue weighted by Crippen LogP contribution is -2.58. The van der Waals surface area contributed by atoms with Gasteiger partial charge in [0.25, 0.3) is 0 Å². The number of nitrogens with two attached hydrogens (primary N) is 1. The predicted molar refractivity (Wildman–Crippen MR) is 186 cm³/mol. The number of para-hydroxylation sites is 1. The molecule has 1 atom stereocenters. The van der Waals surface area contributed by atoms with Gasteiger partial charge in [0.1, 0.15) is 6.04 Å². The topological polar surface area (TPSA) is 117 Å². The first kappa shape index (κ1) is 36.1. The third kappa shape index (κ3) is 8.24. The number of urea groups is 2. The van der Waals surface area contributed by atoms with Crippen LogP contribution in [0, 0.1) is 0 Å². The van der Waals surface area contributed by atoms with Crippen molar-refractivity contribution in [2.24, 2.45) is 0 Å². The minimum Gasteiger partial charge on any atom is -0.397 e. The summed E-state index contributed by atoms with van der Waals surface area (Å²) >= 11 is 6.13. The van der Waals surface area contributed by atoms with Crippen LogP contribution in [0.3, 0.4) is 0 Å². The van der Waals surface area contributed by atoms with Crippen LogP contribution in [-0.2, 0) is 23.8 Å². The van der Waals surface area contributed by atoms with Crippen molar-refractivity contribution < 1.29 is 27.6 Å². The second-order valence-corrected chi connectivity index (χ2v) is 14.3. The van der Waals surface area contributed by atoms with E-state index in [4.69, 9.17) is 17.3 Å². The van der Waals surface area contributed by atoms with E-state index < -0.39 is 29.5 Å². The Morgan fingerprint density at radius 2 is 1.58 bits per heavy atom. The van der Waals surface area contributed by atoms with Crippen molar-refractivity contribution in [3.8, 4) is 0 Å². The van der Waals surface area contributed by atoms with Crippen molar-refractivity contribution in [3.63, 3.8) is 0 Å². The molecule has 272 valence electrons. The monoisotopic (exact) mass is 718 g/mol. The van der Waals surface area contributed by atoms with Gasteiger partial charge < -0.3 is 36.0 Å². The summed E-state index contributed by atoms with van der Waals surface area (Å²) in [5.74, 6) is -0.340. The molecule has 50 heavy (non-hydrogen) atoms. The van der Waals surface area contributed by atoms with Crippen LogP contribution in [0.25, 0.3) is 0 Å². The summed E-state index contributed by atoms with van der Waals surface area (Å²) in [5, 5.41) is 5.60. The summed E-state index contributed by atoms with van der Waals surface area (Å²) in [5.41, 5.74) is 6.04. The highest BCUT2D eigenvalue weighted by molar-refractivity contribution is 6.33. The molecule has 4 aliphatic heterocycles. The third-order valence-electron chi connectivity index (χ3n) is 10.7. The molecule has 0 spiro atoms. The summed E-state index contributed by atoms with van der Waals surface area (Å²) < 4.78 is 41.5. The van der Waals surface area contributed by atoms with Crippen LogP contribution in [0.2, 0.25) is 5.02 Å². The van der Waals surface area contributed by atoms with Crippen LogP contribution in [0.15, 0.2) is 36.4 Å². The maximum absolute atomic E-state index is 14.0. The number of nitrogens with one attached hydrogen (secondary N) is 2. The average molecular weight is 719 g/mol. The molecule has 11 nitrogen and oxygen atoms in total. The van der Waals surface area contributed by atoms with Gasteiger partial charge >= 0.3 is 18.2 Å². The number of carbonyl (C=O) groups is 3. The molecule has 3 saturated heterocycles. The lowest BCUT2D eigenvalue weighted by Gasteiger charge is -2.42. The lowest BCUT2D eigenvalue weighted by molar-refractivity contribution is -0.137. The fourth-order valence-corrected chi connectivity index (χ4v) is 7.92. The number of fused-ring (bicyclic) bond motifs is 1. The summed E-state index contributed by atoms with van der Waals surface area (Å²) in [6, 6.07) is 8.49. The maximum Gasteiger partial charge on any atom is 0.418 e. The molecule has 4 N–H and O–H groups in total. The van der Waals surface area contributed by atoms with Crippen LogP contribution in [-0.4, -0.2) is 127 Å². The molecule has 0 bridgehead atoms. The van der Waals surface area contributed by atoms with Gasteiger partial charge in [-0.1, -0.05) is 29.8 Å². The number of hydrogen-bond donors (Lipinski definition) is 3. The van der Waals surface area contributed by atoms with E-state index in [0.29, 0.717) is 51.6 Å². The molecule has 2 aromatic rings. The minimum absolute atomic E-state index is 0.0647. The smallest absolute Gasteiger partial charge is 0.397 e. The van der Waals surface area contributed by atoms with Gasteiger partial charge in [-0.2, -0.15) is 13.2 Å². The van der Waals surface area contributed by atoms with E-state index in [0.717, 1.165) is 62.8 Å². The third-order valence-corrected chi connectivity index (χ3v) is 11.0. The van der Waals surface area contributed by atoms with Crippen LogP contribution < -0.4 is 16.4 Å². The van der Waals surface area contributed by atoms with Gasteiger partial charge in [0, 0.05) is 83.1 Å². The molecule has 0 saturated carbocycles. The van der Waals surface area contributed by atoms with Gasteiger partial charge in [-0.05, 0) is 68.5 Å². The molecule has 0 aromatic heterocycles. The second-order valence-electron chi connectivity index (χ2n) is 13.9. The number of benzene rings is 2. The molecular formula is C35H46ClF3N8O3. The minimum atomic E-state index is -4.74. The van der Waals surface area contributed by atoms with Gasteiger partial charge in [-0.25, -0.2) is 9.59 Å². The standard InChI is InChI=1S/C35H46ClF3N8O3/c1-43-16-18-44(19-17-43)25-7-11-45(12-8-25)32(48)30(22-23-20-27(35(37,38)39)31(40)28(36)21-23)42-33(49)46-13-9-26(10-14-46)47-15-6-24-4-2-3-5-29(24)41-34(47)50/h2-5,20-21,25-26,30H,6-19,22,40H2,1H3,(H,41,50)(H,42,49)/t30-/m1/s1. The first-order chi connectivity index (χ1) is 23.9. The highest BCUT2D eigenvalue weighted by atomic mass is 35.5. The number of anilines is 2. The molecule has 3 fully saturated rings. The number of amides is 5. The summed E-state index contributed by atoms with van der Waals surface area (Å²) in [4.78, 5) is 50.7. The molecular weight excluding hydrogens is 673 g/mol. The Hall–Kier alpha value is -3.75. The predicted octanol–water partition coefficient (Wildman–Crippen LogP) is 4.35. The Morgan fingerprint density at radius 1 is 0.940 bits per heavy atom. The van der Waals surface area contributed by atoms with Crippen LogP contribution >= 0.6 is 11.6 Å². The highest BCUT2D eigenvalue weighted by Gasteiger charge is 2.37. The number of likely N-dealkylation sites (tertiary alicyclic amines) is 2. The number of carbonyl (C=O) groups excluding carboxylic acids is 3. The number of likely N-dealkylation sites (N-methyl/N-ethyl adjacent to an activating group) is 1. The Bertz CT molecular complexity index is 1550. The number of alkyl halides is 3. The van der Waals surface area contributed by atoms with E-state index in [1.54, 1.807) is 9.80 Å². The van der Waals surface area contributed by atoms with Crippen molar-refractivity contribution in [2.45, 2.75) is 62.8 Å². The van der Waals surface area contributed by atoms with Gasteiger partial charge in [0.15, 0.2) is 0 Å². The molecule has 4 aliphatic rings. The van der Waals surface area contributed by atoms with E-state index in [-0.39, 0.29) is 35.0 Å². The number of hydrogen-bond acceptors (Lipinski definition) is 6. The quantitative estimate of drug-likeness (QED) is 0.383. The molecule has 6 rings (SSSR count). The Kier molecular flexibility index (Phi) is 11.0. The Labute approximate surface area is 295 Å². The number of piperidine rings is 2. The van der Waals surface area contributed by atoms with Crippen LogP contribution in [0.4, 0.5) is 34.1 Å². The number of rotatable bonds is 6. The Morgan fingerprint density at radius 3 is 2.26 bits per heavy atom. The highest BCUT2D eigenvalue weighted by Crippen LogP contribution is 2.38. The largest absolute Gasteiger partial charge is 0.418 e. The Balaban J connectivity index is 1.12. The maximum atomic E-state index is 14.0. The zero-order valence-corrected chi connectivity index (χ0v) is 29.1. The molecule has 4 heterocycles. The van der Waals surface area contributed by atoms with Crippen LogP contribution in [0.1, 0.15) is 42.4 Å². The molecule has 2 aromatic carbocycles. The van der Waals surface area contributed by atoms with Crippen molar-refractivity contribution in [3.05, 3.63) is 58.1 Å². The molecule has 0 radical (unpaired) electrons. The van der Waals surface area contributed by atoms with E-state index in [1.165, 1.54) is 6.07 Å². The normalized spacial score (nSPS) is 21.0. The van der Waals surface area contributed by atoms with Gasteiger partial charge in [-0.3, -0.25) is 9.69 Å². The van der Waals surface area contributed by atoms with Crippen molar-refractivity contribution in [1.82, 2.24) is 29.8 Å².